The number of halogens is 2. The number of aryl methyl sites for hydroxylation is 1. The van der Waals surface area contributed by atoms with Crippen LogP contribution >= 0.6 is 0 Å². The zero-order valence-corrected chi connectivity index (χ0v) is 14.5. The minimum absolute atomic E-state index is 0.0474. The van der Waals surface area contributed by atoms with Crippen LogP contribution in [0.4, 0.5) is 14.5 Å². The lowest BCUT2D eigenvalue weighted by molar-refractivity contribution is -0.286. The van der Waals surface area contributed by atoms with Crippen molar-refractivity contribution in [2.24, 2.45) is 14.1 Å². The van der Waals surface area contributed by atoms with E-state index in [2.05, 4.69) is 19.8 Å². The molecule has 0 saturated heterocycles. The molecule has 0 fully saturated rings. The molecule has 1 amide bonds. The number of nitrogens with zero attached hydrogens (tertiary/aromatic N) is 3. The molecule has 4 rings (SSSR count). The highest BCUT2D eigenvalue weighted by Gasteiger charge is 2.43. The normalized spacial score (nSPS) is 14.3. The van der Waals surface area contributed by atoms with E-state index in [9.17, 15) is 23.2 Å². The lowest BCUT2D eigenvalue weighted by atomic mass is 10.2. The number of benzene rings is 1. The SMILES string of the molecule is Cn1c(=O)c2cc(C(=O)Nc3ccc4c(c3)OC(F)(F)O4)cnc2n(C)c1=O. The number of fused-ring (bicyclic) bond motifs is 2. The molecule has 11 heteroatoms. The van der Waals surface area contributed by atoms with E-state index >= 15 is 0 Å². The van der Waals surface area contributed by atoms with Crippen LogP contribution in [-0.4, -0.2) is 26.3 Å². The Bertz CT molecular complexity index is 1260. The molecule has 3 aromatic rings. The summed E-state index contributed by atoms with van der Waals surface area (Å²) in [6.45, 7) is 0. The maximum Gasteiger partial charge on any atom is 0.586 e. The highest BCUT2D eigenvalue weighted by atomic mass is 19.3. The topological polar surface area (TPSA) is 104 Å². The summed E-state index contributed by atoms with van der Waals surface area (Å²) in [5, 5.41) is 2.59. The fraction of sp³-hybridized carbons (Fsp3) is 0.176. The molecular formula is C17H12F2N4O5. The second-order valence-corrected chi connectivity index (χ2v) is 6.08. The molecule has 0 aliphatic carbocycles. The maximum absolute atomic E-state index is 13.1. The van der Waals surface area contributed by atoms with Crippen LogP contribution in [0.1, 0.15) is 10.4 Å². The predicted molar refractivity (Wildman–Crippen MR) is 92.8 cm³/mol. The number of nitrogens with one attached hydrogen (secondary N) is 1. The number of ether oxygens (including phenoxy) is 2. The van der Waals surface area contributed by atoms with Crippen molar-refractivity contribution in [3.05, 3.63) is 56.9 Å². The van der Waals surface area contributed by atoms with Gasteiger partial charge < -0.3 is 14.8 Å². The molecule has 9 nitrogen and oxygen atoms in total. The summed E-state index contributed by atoms with van der Waals surface area (Å²) < 4.78 is 36.9. The Morgan fingerprint density at radius 2 is 1.82 bits per heavy atom. The third-order valence-corrected chi connectivity index (χ3v) is 4.21. The molecule has 1 aromatic carbocycles. The number of aromatic nitrogens is 3. The Kier molecular flexibility index (Phi) is 3.70. The van der Waals surface area contributed by atoms with E-state index in [1.807, 2.05) is 0 Å². The van der Waals surface area contributed by atoms with Crippen molar-refractivity contribution in [2.75, 3.05) is 5.32 Å². The van der Waals surface area contributed by atoms with Crippen LogP contribution in [0.3, 0.4) is 0 Å². The Labute approximate surface area is 154 Å². The van der Waals surface area contributed by atoms with Crippen molar-refractivity contribution in [3.63, 3.8) is 0 Å². The zero-order chi connectivity index (χ0) is 20.2. The smallest absolute Gasteiger partial charge is 0.395 e. The standard InChI is InChI=1S/C17H12F2N4O5/c1-22-13-10(15(25)23(2)16(22)26)5-8(7-20-13)14(24)21-9-3-4-11-12(6-9)28-17(18,19)27-11/h3-7H,1-2H3,(H,21,24). The minimum atomic E-state index is -3.76. The van der Waals surface area contributed by atoms with Crippen molar-refractivity contribution in [3.8, 4) is 11.5 Å². The van der Waals surface area contributed by atoms with Gasteiger partial charge in [-0.25, -0.2) is 9.78 Å². The van der Waals surface area contributed by atoms with Gasteiger partial charge in [0.25, 0.3) is 11.5 Å². The first-order valence-corrected chi connectivity index (χ1v) is 7.93. The number of hydrogen-bond donors (Lipinski definition) is 1. The summed E-state index contributed by atoms with van der Waals surface area (Å²) >= 11 is 0. The Morgan fingerprint density at radius 3 is 2.57 bits per heavy atom. The van der Waals surface area contributed by atoms with Gasteiger partial charge >= 0.3 is 12.0 Å². The van der Waals surface area contributed by atoms with E-state index in [-0.39, 0.29) is 33.8 Å². The lowest BCUT2D eigenvalue weighted by Crippen LogP contribution is -2.37. The van der Waals surface area contributed by atoms with Gasteiger partial charge in [0.1, 0.15) is 5.65 Å². The van der Waals surface area contributed by atoms with E-state index in [1.165, 1.54) is 49.1 Å². The Morgan fingerprint density at radius 1 is 1.11 bits per heavy atom. The second-order valence-electron chi connectivity index (χ2n) is 6.08. The second kappa shape index (κ2) is 5.87. The summed E-state index contributed by atoms with van der Waals surface area (Å²) in [5.74, 6) is -1.00. The van der Waals surface area contributed by atoms with E-state index in [0.717, 1.165) is 4.57 Å². The molecule has 0 bridgehead atoms. The molecule has 2 aromatic heterocycles. The summed E-state index contributed by atoms with van der Waals surface area (Å²) in [4.78, 5) is 40.7. The fourth-order valence-electron chi connectivity index (χ4n) is 2.82. The molecule has 0 saturated carbocycles. The molecular weight excluding hydrogens is 378 g/mol. The summed E-state index contributed by atoms with van der Waals surface area (Å²) in [6.07, 6.45) is -2.55. The summed E-state index contributed by atoms with van der Waals surface area (Å²) in [6, 6.07) is 5.08. The highest BCUT2D eigenvalue weighted by Crippen LogP contribution is 2.42. The molecule has 0 spiro atoms. The largest absolute Gasteiger partial charge is 0.586 e. The van der Waals surface area contributed by atoms with Gasteiger partial charge in [0.05, 0.1) is 10.9 Å². The fourth-order valence-corrected chi connectivity index (χ4v) is 2.82. The van der Waals surface area contributed by atoms with Crippen LogP contribution in [0.5, 0.6) is 11.5 Å². The average Bonchev–Trinajstić information content (AvgIpc) is 2.97. The first-order chi connectivity index (χ1) is 13.2. The van der Waals surface area contributed by atoms with Crippen LogP contribution in [0, 0.1) is 0 Å². The van der Waals surface area contributed by atoms with Gasteiger partial charge in [-0.1, -0.05) is 0 Å². The van der Waals surface area contributed by atoms with Gasteiger partial charge in [0.15, 0.2) is 11.5 Å². The molecule has 144 valence electrons. The Hall–Kier alpha value is -3.76. The predicted octanol–water partition coefficient (Wildman–Crippen LogP) is 1.21. The van der Waals surface area contributed by atoms with Crippen molar-refractivity contribution in [2.45, 2.75) is 6.29 Å². The van der Waals surface area contributed by atoms with Gasteiger partial charge in [0, 0.05) is 32.0 Å². The van der Waals surface area contributed by atoms with E-state index in [1.54, 1.807) is 0 Å². The van der Waals surface area contributed by atoms with Gasteiger partial charge in [-0.3, -0.25) is 18.7 Å². The van der Waals surface area contributed by atoms with Crippen molar-refractivity contribution >= 4 is 22.6 Å². The molecule has 1 N–H and O–H groups in total. The van der Waals surface area contributed by atoms with Crippen LogP contribution < -0.4 is 26.0 Å². The van der Waals surface area contributed by atoms with Crippen LogP contribution in [0.15, 0.2) is 40.1 Å². The monoisotopic (exact) mass is 390 g/mol. The number of pyridine rings is 1. The first-order valence-electron chi connectivity index (χ1n) is 7.93. The maximum atomic E-state index is 13.1. The first kappa shape index (κ1) is 17.6. The van der Waals surface area contributed by atoms with Gasteiger partial charge in [0.2, 0.25) is 0 Å². The molecule has 28 heavy (non-hydrogen) atoms. The van der Waals surface area contributed by atoms with Crippen molar-refractivity contribution in [1.82, 2.24) is 14.1 Å². The lowest BCUT2D eigenvalue weighted by Gasteiger charge is -2.09. The molecule has 0 atom stereocenters. The average molecular weight is 390 g/mol. The van der Waals surface area contributed by atoms with Crippen molar-refractivity contribution in [1.29, 1.82) is 0 Å². The molecule has 3 heterocycles. The number of rotatable bonds is 2. The quantitative estimate of drug-likeness (QED) is 0.705. The molecule has 0 unspecified atom stereocenters. The Balaban J connectivity index is 1.67. The number of alkyl halides is 2. The highest BCUT2D eigenvalue weighted by molar-refractivity contribution is 6.05. The number of anilines is 1. The summed E-state index contributed by atoms with van der Waals surface area (Å²) in [7, 11) is 2.78. The van der Waals surface area contributed by atoms with Crippen molar-refractivity contribution < 1.29 is 23.0 Å². The van der Waals surface area contributed by atoms with Crippen LogP contribution in [0.2, 0.25) is 0 Å². The number of amides is 1. The zero-order valence-electron chi connectivity index (χ0n) is 14.5. The van der Waals surface area contributed by atoms with Gasteiger partial charge in [-0.15, -0.1) is 8.78 Å². The third kappa shape index (κ3) is 2.76. The van der Waals surface area contributed by atoms with E-state index < -0.39 is 23.5 Å². The third-order valence-electron chi connectivity index (χ3n) is 4.21. The van der Waals surface area contributed by atoms with E-state index in [0.29, 0.717) is 0 Å². The number of carbonyl (C=O) groups excluding carboxylic acids is 1. The van der Waals surface area contributed by atoms with Gasteiger partial charge in [-0.2, -0.15) is 0 Å². The van der Waals surface area contributed by atoms with Crippen LogP contribution in [0.25, 0.3) is 11.0 Å². The minimum Gasteiger partial charge on any atom is -0.395 e. The number of carbonyl (C=O) groups is 1. The molecule has 1 aliphatic rings. The molecule has 1 aliphatic heterocycles. The molecule has 0 radical (unpaired) electrons. The van der Waals surface area contributed by atoms with Gasteiger partial charge in [-0.05, 0) is 18.2 Å². The van der Waals surface area contributed by atoms with E-state index in [4.69, 9.17) is 0 Å². The van der Waals surface area contributed by atoms with Crippen LogP contribution in [-0.2, 0) is 14.1 Å². The number of hydrogen-bond acceptors (Lipinski definition) is 6. The summed E-state index contributed by atoms with van der Waals surface area (Å²) in [5.41, 5.74) is -0.773.